The second-order valence-corrected chi connectivity index (χ2v) is 5.49. The lowest BCUT2D eigenvalue weighted by Crippen LogP contribution is -2.41. The van der Waals surface area contributed by atoms with Crippen LogP contribution in [0.1, 0.15) is 26.3 Å². The number of carboxylic acid groups (broad SMARTS) is 1. The molecular formula is C16H23NO5. The summed E-state index contributed by atoms with van der Waals surface area (Å²) in [5.74, 6) is 0.0996. The van der Waals surface area contributed by atoms with Gasteiger partial charge < -0.3 is 19.9 Å². The van der Waals surface area contributed by atoms with E-state index in [1.165, 1.54) is 14.0 Å². The number of carbonyl (C=O) groups is 2. The van der Waals surface area contributed by atoms with E-state index in [2.05, 4.69) is 5.32 Å². The average molecular weight is 309 g/mol. The van der Waals surface area contributed by atoms with Crippen molar-refractivity contribution in [3.05, 3.63) is 23.8 Å². The molecule has 0 aliphatic rings. The van der Waals surface area contributed by atoms with Crippen LogP contribution in [0.3, 0.4) is 0 Å². The van der Waals surface area contributed by atoms with Gasteiger partial charge in [0.1, 0.15) is 6.04 Å². The Morgan fingerprint density at radius 1 is 1.27 bits per heavy atom. The van der Waals surface area contributed by atoms with Crippen molar-refractivity contribution in [2.45, 2.75) is 33.2 Å². The van der Waals surface area contributed by atoms with Crippen LogP contribution in [0.5, 0.6) is 11.5 Å². The molecule has 0 spiro atoms. The minimum Gasteiger partial charge on any atom is -0.493 e. The van der Waals surface area contributed by atoms with Crippen molar-refractivity contribution in [2.75, 3.05) is 13.7 Å². The first-order valence-electron chi connectivity index (χ1n) is 7.13. The number of hydrogen-bond acceptors (Lipinski definition) is 4. The van der Waals surface area contributed by atoms with Crippen LogP contribution in [0, 0.1) is 5.92 Å². The number of ether oxygens (including phenoxy) is 2. The summed E-state index contributed by atoms with van der Waals surface area (Å²) in [5.41, 5.74) is 0.745. The van der Waals surface area contributed by atoms with E-state index in [0.717, 1.165) is 5.56 Å². The Bertz CT molecular complexity index is 527. The molecular weight excluding hydrogens is 286 g/mol. The summed E-state index contributed by atoms with van der Waals surface area (Å²) < 4.78 is 10.9. The van der Waals surface area contributed by atoms with Crippen molar-refractivity contribution >= 4 is 11.9 Å². The molecule has 0 aliphatic heterocycles. The maximum atomic E-state index is 11.2. The van der Waals surface area contributed by atoms with Gasteiger partial charge in [-0.15, -0.1) is 0 Å². The fourth-order valence-electron chi connectivity index (χ4n) is 1.90. The second-order valence-electron chi connectivity index (χ2n) is 5.49. The zero-order valence-corrected chi connectivity index (χ0v) is 13.4. The van der Waals surface area contributed by atoms with Gasteiger partial charge in [-0.25, -0.2) is 4.79 Å². The number of amides is 1. The third-order valence-electron chi connectivity index (χ3n) is 2.92. The van der Waals surface area contributed by atoms with Gasteiger partial charge in [0.05, 0.1) is 13.7 Å². The van der Waals surface area contributed by atoms with Crippen LogP contribution in [-0.2, 0) is 16.0 Å². The fraction of sp³-hybridized carbons (Fsp3) is 0.500. The third-order valence-corrected chi connectivity index (χ3v) is 2.92. The first-order valence-corrected chi connectivity index (χ1v) is 7.13. The molecule has 122 valence electrons. The van der Waals surface area contributed by atoms with Gasteiger partial charge >= 0.3 is 5.97 Å². The molecule has 1 aromatic rings. The molecule has 0 radical (unpaired) electrons. The van der Waals surface area contributed by atoms with Gasteiger partial charge in [0.15, 0.2) is 11.5 Å². The van der Waals surface area contributed by atoms with Crippen molar-refractivity contribution in [3.8, 4) is 11.5 Å². The summed E-state index contributed by atoms with van der Waals surface area (Å²) in [7, 11) is 1.53. The number of hydrogen-bond donors (Lipinski definition) is 2. The Morgan fingerprint density at radius 3 is 2.45 bits per heavy atom. The number of methoxy groups -OCH3 is 1. The first kappa shape index (κ1) is 17.8. The van der Waals surface area contributed by atoms with Crippen molar-refractivity contribution in [1.82, 2.24) is 5.32 Å². The van der Waals surface area contributed by atoms with Gasteiger partial charge in [0, 0.05) is 13.3 Å². The number of benzene rings is 1. The molecule has 22 heavy (non-hydrogen) atoms. The largest absolute Gasteiger partial charge is 0.493 e. The van der Waals surface area contributed by atoms with Gasteiger partial charge in [-0.1, -0.05) is 19.9 Å². The third kappa shape index (κ3) is 5.63. The summed E-state index contributed by atoms with van der Waals surface area (Å²) in [6, 6.07) is 4.29. The highest BCUT2D eigenvalue weighted by Gasteiger charge is 2.19. The lowest BCUT2D eigenvalue weighted by molar-refractivity contribution is -0.141. The highest BCUT2D eigenvalue weighted by molar-refractivity contribution is 5.82. The van der Waals surface area contributed by atoms with E-state index in [0.29, 0.717) is 24.0 Å². The number of nitrogens with one attached hydrogen (secondary N) is 1. The Hall–Kier alpha value is -2.24. The zero-order chi connectivity index (χ0) is 16.7. The SMILES string of the molecule is COc1cc(CC(NC(C)=O)C(=O)O)ccc1OCC(C)C. The molecule has 0 aromatic heterocycles. The topological polar surface area (TPSA) is 84.9 Å². The van der Waals surface area contributed by atoms with Crippen molar-refractivity contribution in [2.24, 2.45) is 5.92 Å². The normalized spacial score (nSPS) is 11.9. The second kappa shape index (κ2) is 8.26. The summed E-state index contributed by atoms with van der Waals surface area (Å²) in [4.78, 5) is 22.2. The molecule has 6 nitrogen and oxygen atoms in total. The Kier molecular flexibility index (Phi) is 6.69. The van der Waals surface area contributed by atoms with E-state index in [9.17, 15) is 9.59 Å². The smallest absolute Gasteiger partial charge is 0.326 e. The predicted octanol–water partition coefficient (Wildman–Crippen LogP) is 1.86. The molecule has 1 amide bonds. The van der Waals surface area contributed by atoms with E-state index in [1.54, 1.807) is 18.2 Å². The molecule has 0 fully saturated rings. The zero-order valence-electron chi connectivity index (χ0n) is 13.4. The van der Waals surface area contributed by atoms with Crippen LogP contribution in [0.15, 0.2) is 18.2 Å². The highest BCUT2D eigenvalue weighted by atomic mass is 16.5. The van der Waals surface area contributed by atoms with Gasteiger partial charge in [-0.05, 0) is 23.6 Å². The maximum absolute atomic E-state index is 11.2. The number of carboxylic acids is 1. The van der Waals surface area contributed by atoms with E-state index < -0.39 is 12.0 Å². The van der Waals surface area contributed by atoms with Crippen LogP contribution in [0.4, 0.5) is 0 Å². The first-order chi connectivity index (χ1) is 10.3. The summed E-state index contributed by atoms with van der Waals surface area (Å²) in [6.45, 7) is 5.95. The molecule has 1 aromatic carbocycles. The van der Waals surface area contributed by atoms with E-state index in [1.807, 2.05) is 13.8 Å². The van der Waals surface area contributed by atoms with Crippen molar-refractivity contribution in [3.63, 3.8) is 0 Å². The highest BCUT2D eigenvalue weighted by Crippen LogP contribution is 2.29. The molecule has 1 unspecified atom stereocenters. The fourth-order valence-corrected chi connectivity index (χ4v) is 1.90. The number of aliphatic carboxylic acids is 1. The van der Waals surface area contributed by atoms with Gasteiger partial charge in [-0.2, -0.15) is 0 Å². The molecule has 0 saturated carbocycles. The van der Waals surface area contributed by atoms with Crippen LogP contribution in [0.25, 0.3) is 0 Å². The van der Waals surface area contributed by atoms with Crippen LogP contribution < -0.4 is 14.8 Å². The lowest BCUT2D eigenvalue weighted by atomic mass is 10.1. The van der Waals surface area contributed by atoms with Gasteiger partial charge in [-0.3, -0.25) is 4.79 Å². The van der Waals surface area contributed by atoms with Crippen molar-refractivity contribution in [1.29, 1.82) is 0 Å². The van der Waals surface area contributed by atoms with Gasteiger partial charge in [0.25, 0.3) is 0 Å². The molecule has 6 heteroatoms. The van der Waals surface area contributed by atoms with E-state index >= 15 is 0 Å². The monoisotopic (exact) mass is 309 g/mol. The maximum Gasteiger partial charge on any atom is 0.326 e. The Labute approximate surface area is 130 Å². The predicted molar refractivity (Wildman–Crippen MR) is 82.3 cm³/mol. The summed E-state index contributed by atoms with van der Waals surface area (Å²) in [6.07, 6.45) is 0.176. The molecule has 0 saturated heterocycles. The average Bonchev–Trinajstić information content (AvgIpc) is 2.44. The minimum atomic E-state index is -1.07. The number of carbonyl (C=O) groups excluding carboxylic acids is 1. The van der Waals surface area contributed by atoms with Gasteiger partial charge in [0.2, 0.25) is 5.91 Å². The van der Waals surface area contributed by atoms with Crippen LogP contribution in [0.2, 0.25) is 0 Å². The summed E-state index contributed by atoms with van der Waals surface area (Å²) in [5, 5.41) is 11.5. The molecule has 0 bridgehead atoms. The Morgan fingerprint density at radius 2 is 1.95 bits per heavy atom. The molecule has 0 heterocycles. The molecule has 0 aliphatic carbocycles. The minimum absolute atomic E-state index is 0.176. The standard InChI is InChI=1S/C16H23NO5/c1-10(2)9-22-14-6-5-12(8-15(14)21-4)7-13(16(19)20)17-11(3)18/h5-6,8,10,13H,7,9H2,1-4H3,(H,17,18)(H,19,20). The summed E-state index contributed by atoms with van der Waals surface area (Å²) >= 11 is 0. The quantitative estimate of drug-likeness (QED) is 0.765. The number of rotatable bonds is 8. The lowest BCUT2D eigenvalue weighted by Gasteiger charge is -2.16. The molecule has 1 atom stereocenters. The Balaban J connectivity index is 2.87. The van der Waals surface area contributed by atoms with Crippen LogP contribution >= 0.6 is 0 Å². The van der Waals surface area contributed by atoms with E-state index in [-0.39, 0.29) is 12.3 Å². The van der Waals surface area contributed by atoms with Crippen LogP contribution in [-0.4, -0.2) is 36.7 Å². The molecule has 2 N–H and O–H groups in total. The van der Waals surface area contributed by atoms with E-state index in [4.69, 9.17) is 14.6 Å². The molecule has 1 rings (SSSR count). The van der Waals surface area contributed by atoms with Crippen molar-refractivity contribution < 1.29 is 24.2 Å².